The van der Waals surface area contributed by atoms with Gasteiger partial charge < -0.3 is 4.57 Å². The summed E-state index contributed by atoms with van der Waals surface area (Å²) in [5.41, 5.74) is 1.50. The van der Waals surface area contributed by atoms with Crippen molar-refractivity contribution >= 4 is 17.8 Å². The second-order valence-electron chi connectivity index (χ2n) is 6.21. The third-order valence-corrected chi connectivity index (χ3v) is 7.60. The van der Waals surface area contributed by atoms with Gasteiger partial charge in [-0.05, 0) is 30.4 Å². The van der Waals surface area contributed by atoms with Crippen LogP contribution in [0.25, 0.3) is 0 Å². The van der Waals surface area contributed by atoms with Gasteiger partial charge in [0.1, 0.15) is 13.3 Å². The number of hydrogen-bond acceptors (Lipinski definition) is 1. The topological polar surface area (TPSA) is 17.1 Å². The normalized spacial score (nSPS) is 20.3. The number of allylic oxidation sites excluding steroid dienone is 3. The van der Waals surface area contributed by atoms with Gasteiger partial charge in [0.2, 0.25) is 0 Å². The summed E-state index contributed by atoms with van der Waals surface area (Å²) in [5.74, 6) is 0. The highest BCUT2D eigenvalue weighted by atomic mass is 31.2. The van der Waals surface area contributed by atoms with Crippen LogP contribution in [0, 0.1) is 0 Å². The van der Waals surface area contributed by atoms with E-state index in [1.54, 1.807) is 0 Å². The molecule has 0 N–H and O–H groups in total. The minimum atomic E-state index is -2.78. The van der Waals surface area contributed by atoms with Crippen LogP contribution in [0.15, 0.2) is 84.5 Å². The molecule has 0 radical (unpaired) electrons. The van der Waals surface area contributed by atoms with Crippen LogP contribution in [-0.4, -0.2) is 12.3 Å². The molecule has 1 aliphatic carbocycles. The van der Waals surface area contributed by atoms with E-state index in [2.05, 4.69) is 6.58 Å². The second kappa shape index (κ2) is 7.32. The first kappa shape index (κ1) is 16.9. The van der Waals surface area contributed by atoms with Crippen LogP contribution in [0.2, 0.25) is 0 Å². The van der Waals surface area contributed by atoms with Crippen molar-refractivity contribution in [1.29, 1.82) is 0 Å². The standard InChI is InChI=1S/C21H22FOP/c1-17-18(9-8-14-21(17)22)15-16-24(23,19-10-4-2-5-11-19)20-12-6-3-7-13-20/h2-7,10-13,15,21H,1,8-9,14,16H2/b18-15-/t21-/m0/s1. The molecule has 0 unspecified atom stereocenters. The Bertz CT molecular complexity index is 737. The van der Waals surface area contributed by atoms with E-state index in [4.69, 9.17) is 0 Å². The van der Waals surface area contributed by atoms with Gasteiger partial charge in [0.25, 0.3) is 0 Å². The molecule has 3 heteroatoms. The van der Waals surface area contributed by atoms with Crippen LogP contribution in [0.1, 0.15) is 19.3 Å². The van der Waals surface area contributed by atoms with Gasteiger partial charge in [-0.3, -0.25) is 0 Å². The molecule has 0 bridgehead atoms. The number of benzene rings is 2. The fourth-order valence-corrected chi connectivity index (χ4v) is 5.68. The Morgan fingerprint density at radius 2 is 1.58 bits per heavy atom. The molecular formula is C21H22FOP. The molecule has 1 aliphatic rings. The van der Waals surface area contributed by atoms with Crippen molar-refractivity contribution in [3.05, 3.63) is 84.5 Å². The Hall–Kier alpha value is -1.92. The van der Waals surface area contributed by atoms with Gasteiger partial charge in [-0.2, -0.15) is 0 Å². The van der Waals surface area contributed by atoms with E-state index in [9.17, 15) is 8.96 Å². The van der Waals surface area contributed by atoms with Crippen molar-refractivity contribution in [3.63, 3.8) is 0 Å². The van der Waals surface area contributed by atoms with Crippen LogP contribution in [0.5, 0.6) is 0 Å². The lowest BCUT2D eigenvalue weighted by atomic mass is 9.89. The summed E-state index contributed by atoms with van der Waals surface area (Å²) < 4.78 is 27.8. The lowest BCUT2D eigenvalue weighted by Gasteiger charge is -2.23. The monoisotopic (exact) mass is 340 g/mol. The smallest absolute Gasteiger partial charge is 0.146 e. The quantitative estimate of drug-likeness (QED) is 0.716. The van der Waals surface area contributed by atoms with E-state index < -0.39 is 13.3 Å². The van der Waals surface area contributed by atoms with Gasteiger partial charge in [-0.25, -0.2) is 4.39 Å². The molecule has 0 spiro atoms. The zero-order chi connectivity index (χ0) is 17.0. The number of hydrogen-bond donors (Lipinski definition) is 0. The van der Waals surface area contributed by atoms with Gasteiger partial charge in [-0.15, -0.1) is 0 Å². The van der Waals surface area contributed by atoms with Gasteiger partial charge in [-0.1, -0.05) is 73.3 Å². The van der Waals surface area contributed by atoms with Gasteiger partial charge in [0.15, 0.2) is 0 Å². The summed E-state index contributed by atoms with van der Waals surface area (Å²) >= 11 is 0. The molecule has 124 valence electrons. The Kier molecular flexibility index (Phi) is 5.16. The number of rotatable bonds is 4. The highest BCUT2D eigenvalue weighted by Crippen LogP contribution is 2.44. The predicted octanol–water partition coefficient (Wildman–Crippen LogP) is 5.01. The van der Waals surface area contributed by atoms with Gasteiger partial charge in [0.05, 0.1) is 0 Å². The Labute approximate surface area is 143 Å². The minimum absolute atomic E-state index is 0.405. The van der Waals surface area contributed by atoms with E-state index >= 15 is 0 Å². The molecule has 0 amide bonds. The zero-order valence-corrected chi connectivity index (χ0v) is 14.6. The first-order valence-corrected chi connectivity index (χ1v) is 10.2. The lowest BCUT2D eigenvalue weighted by molar-refractivity contribution is 0.340. The maximum absolute atomic E-state index is 13.9. The third-order valence-electron chi connectivity index (χ3n) is 4.64. The maximum Gasteiger partial charge on any atom is 0.146 e. The number of halogens is 1. The van der Waals surface area contributed by atoms with E-state index in [-0.39, 0.29) is 0 Å². The largest absolute Gasteiger partial charge is 0.313 e. The van der Waals surface area contributed by atoms with Crippen molar-refractivity contribution < 1.29 is 8.96 Å². The molecule has 2 aromatic rings. The van der Waals surface area contributed by atoms with Crippen LogP contribution in [0.4, 0.5) is 4.39 Å². The average molecular weight is 340 g/mol. The Morgan fingerprint density at radius 3 is 2.12 bits per heavy atom. The molecule has 1 fully saturated rings. The Balaban J connectivity index is 1.98. The average Bonchev–Trinajstić information content (AvgIpc) is 2.64. The van der Waals surface area contributed by atoms with Crippen LogP contribution < -0.4 is 10.6 Å². The molecule has 24 heavy (non-hydrogen) atoms. The summed E-state index contributed by atoms with van der Waals surface area (Å²) in [4.78, 5) is 0. The molecule has 2 aromatic carbocycles. The lowest BCUT2D eigenvalue weighted by Crippen LogP contribution is -2.18. The zero-order valence-electron chi connectivity index (χ0n) is 13.7. The minimum Gasteiger partial charge on any atom is -0.313 e. The van der Waals surface area contributed by atoms with E-state index in [1.165, 1.54) is 0 Å². The van der Waals surface area contributed by atoms with E-state index in [0.717, 1.165) is 29.0 Å². The van der Waals surface area contributed by atoms with Crippen molar-refractivity contribution in [3.8, 4) is 0 Å². The molecule has 1 saturated carbocycles. The van der Waals surface area contributed by atoms with Crippen molar-refractivity contribution in [2.24, 2.45) is 0 Å². The highest BCUT2D eigenvalue weighted by Gasteiger charge is 2.27. The number of alkyl halides is 1. The molecule has 0 saturated heterocycles. The van der Waals surface area contributed by atoms with Gasteiger partial charge >= 0.3 is 0 Å². The second-order valence-corrected chi connectivity index (χ2v) is 9.09. The van der Waals surface area contributed by atoms with E-state index in [1.807, 2.05) is 66.7 Å². The summed E-state index contributed by atoms with van der Waals surface area (Å²) in [5, 5.41) is 1.68. The third kappa shape index (κ3) is 3.44. The Morgan fingerprint density at radius 1 is 1.04 bits per heavy atom. The molecular weight excluding hydrogens is 318 g/mol. The molecule has 3 rings (SSSR count). The molecule has 0 aromatic heterocycles. The van der Waals surface area contributed by atoms with Crippen molar-refractivity contribution in [2.45, 2.75) is 25.4 Å². The molecule has 0 heterocycles. The maximum atomic E-state index is 13.9. The molecule has 0 aliphatic heterocycles. The fraction of sp³-hybridized carbons (Fsp3) is 0.238. The predicted molar refractivity (Wildman–Crippen MR) is 101 cm³/mol. The van der Waals surface area contributed by atoms with E-state index in [0.29, 0.717) is 18.2 Å². The van der Waals surface area contributed by atoms with Crippen molar-refractivity contribution in [2.75, 3.05) is 6.16 Å². The van der Waals surface area contributed by atoms with Gasteiger partial charge in [0, 0.05) is 16.8 Å². The summed E-state index contributed by atoms with van der Waals surface area (Å²) in [6.45, 7) is 3.89. The SMILES string of the molecule is C=C1/C(=C\CP(=O)(c2ccccc2)c2ccccc2)CCC[C@@H]1F. The molecule has 1 nitrogen and oxygen atoms in total. The summed E-state index contributed by atoms with van der Waals surface area (Å²) in [6.07, 6.45) is 3.59. The summed E-state index contributed by atoms with van der Waals surface area (Å²) in [6, 6.07) is 19.2. The van der Waals surface area contributed by atoms with Crippen LogP contribution in [-0.2, 0) is 4.57 Å². The summed E-state index contributed by atoms with van der Waals surface area (Å²) in [7, 11) is -2.78. The van der Waals surface area contributed by atoms with Crippen LogP contribution >= 0.6 is 7.14 Å². The highest BCUT2D eigenvalue weighted by molar-refractivity contribution is 7.78. The fourth-order valence-electron chi connectivity index (χ4n) is 3.18. The first-order valence-electron chi connectivity index (χ1n) is 8.34. The molecule has 1 atom stereocenters. The van der Waals surface area contributed by atoms with Crippen molar-refractivity contribution in [1.82, 2.24) is 0 Å². The van der Waals surface area contributed by atoms with Crippen LogP contribution in [0.3, 0.4) is 0 Å². The first-order chi connectivity index (χ1) is 11.6.